The molecule has 2 saturated carbocycles. The second kappa shape index (κ2) is 5.75. The number of rotatable bonds is 4. The highest BCUT2D eigenvalue weighted by molar-refractivity contribution is 5.87. The number of nitrogens with zero attached hydrogens (tertiary/aromatic N) is 3. The number of benzene rings is 1. The van der Waals surface area contributed by atoms with Crippen molar-refractivity contribution in [1.29, 1.82) is 0 Å². The van der Waals surface area contributed by atoms with Gasteiger partial charge in [-0.2, -0.15) is 0 Å². The molecule has 1 amide bonds. The predicted octanol–water partition coefficient (Wildman–Crippen LogP) is 2.93. The van der Waals surface area contributed by atoms with E-state index in [-0.39, 0.29) is 29.0 Å². The van der Waals surface area contributed by atoms with Crippen molar-refractivity contribution in [1.82, 2.24) is 20.1 Å². The fourth-order valence-corrected chi connectivity index (χ4v) is 5.94. The van der Waals surface area contributed by atoms with Gasteiger partial charge in [0.15, 0.2) is 11.5 Å². The maximum Gasteiger partial charge on any atom is 0.275 e. The number of nitrogens with one attached hydrogen (secondary N) is 1. The van der Waals surface area contributed by atoms with E-state index in [1.807, 2.05) is 42.2 Å². The fourth-order valence-electron chi connectivity index (χ4n) is 5.94. The average Bonchev–Trinajstić information content (AvgIpc) is 3.28. The minimum absolute atomic E-state index is 0.202. The van der Waals surface area contributed by atoms with Crippen molar-refractivity contribution in [2.75, 3.05) is 0 Å². The molecule has 0 spiro atoms. The number of hydrogen-bond donors (Lipinski definition) is 1. The van der Waals surface area contributed by atoms with Gasteiger partial charge in [0.2, 0.25) is 5.91 Å². The minimum Gasteiger partial charge on any atom is -0.330 e. The molecule has 6 heteroatoms. The molecule has 5 unspecified atom stereocenters. The number of aromatic nitrogens is 3. The lowest BCUT2D eigenvalue weighted by atomic mass is 9.75. The van der Waals surface area contributed by atoms with Gasteiger partial charge in [0.05, 0.1) is 11.5 Å². The summed E-state index contributed by atoms with van der Waals surface area (Å²) in [6, 6.07) is 9.45. The molecule has 4 bridgehead atoms. The van der Waals surface area contributed by atoms with Crippen LogP contribution in [-0.4, -0.2) is 32.0 Å². The molecular weight excluding hydrogens is 340 g/mol. The van der Waals surface area contributed by atoms with Crippen LogP contribution in [0.5, 0.6) is 0 Å². The summed E-state index contributed by atoms with van der Waals surface area (Å²) in [4.78, 5) is 30.9. The molecule has 3 fully saturated rings. The standard InChI is InChI=1S/C21H24N4O2/c1-3-15(25-17-13-9-10-14(17)21(2,11-13)20(25)27)16-19(26)22-18(24-23-16)12-7-5-4-6-8-12/h4-8,13-15,17H,3,9-11H2,1-2H3,(H,22,24,26). The van der Waals surface area contributed by atoms with Gasteiger partial charge in [0, 0.05) is 11.6 Å². The highest BCUT2D eigenvalue weighted by atomic mass is 16.2. The number of H-pyrrole nitrogens is 1. The minimum atomic E-state index is -0.297. The molecule has 140 valence electrons. The van der Waals surface area contributed by atoms with E-state index in [1.54, 1.807) is 0 Å². The highest BCUT2D eigenvalue weighted by Gasteiger charge is 2.68. The van der Waals surface area contributed by atoms with E-state index in [2.05, 4.69) is 22.1 Å². The molecule has 1 aromatic carbocycles. The molecule has 6 nitrogen and oxygen atoms in total. The van der Waals surface area contributed by atoms with Crippen LogP contribution in [0.3, 0.4) is 0 Å². The first-order valence-corrected chi connectivity index (χ1v) is 9.89. The van der Waals surface area contributed by atoms with Crippen molar-refractivity contribution in [3.05, 3.63) is 46.4 Å². The third-order valence-electron chi connectivity index (χ3n) is 7.10. The lowest BCUT2D eigenvalue weighted by Gasteiger charge is -2.39. The highest BCUT2D eigenvalue weighted by Crippen LogP contribution is 2.64. The van der Waals surface area contributed by atoms with Gasteiger partial charge in [-0.3, -0.25) is 9.59 Å². The summed E-state index contributed by atoms with van der Waals surface area (Å²) in [6.07, 6.45) is 3.99. The Kier molecular flexibility index (Phi) is 3.55. The van der Waals surface area contributed by atoms with Crippen LogP contribution in [0, 0.1) is 17.3 Å². The Morgan fingerprint density at radius 2 is 2.00 bits per heavy atom. The number of likely N-dealkylation sites (tertiary alicyclic amines) is 1. The number of carbonyl (C=O) groups excluding carboxylic acids is 1. The zero-order valence-electron chi connectivity index (χ0n) is 15.7. The average molecular weight is 364 g/mol. The van der Waals surface area contributed by atoms with Crippen LogP contribution in [0.15, 0.2) is 35.1 Å². The van der Waals surface area contributed by atoms with E-state index in [9.17, 15) is 9.59 Å². The molecule has 0 radical (unpaired) electrons. The summed E-state index contributed by atoms with van der Waals surface area (Å²) >= 11 is 0. The smallest absolute Gasteiger partial charge is 0.275 e. The number of amides is 1. The van der Waals surface area contributed by atoms with Gasteiger partial charge < -0.3 is 9.88 Å². The summed E-state index contributed by atoms with van der Waals surface area (Å²) in [5.41, 5.74) is 0.693. The third kappa shape index (κ3) is 2.19. The van der Waals surface area contributed by atoms with Crippen LogP contribution >= 0.6 is 0 Å². The van der Waals surface area contributed by atoms with Crippen LogP contribution in [0.2, 0.25) is 0 Å². The van der Waals surface area contributed by atoms with Gasteiger partial charge >= 0.3 is 0 Å². The molecule has 2 heterocycles. The van der Waals surface area contributed by atoms with Crippen molar-refractivity contribution in [3.63, 3.8) is 0 Å². The molecule has 2 aromatic rings. The Morgan fingerprint density at radius 1 is 1.22 bits per heavy atom. The van der Waals surface area contributed by atoms with Gasteiger partial charge in [0.25, 0.3) is 5.56 Å². The maximum atomic E-state index is 13.2. The Balaban J connectivity index is 1.52. The van der Waals surface area contributed by atoms with Gasteiger partial charge in [-0.1, -0.05) is 44.2 Å². The molecule has 3 aliphatic rings. The van der Waals surface area contributed by atoms with Crippen LogP contribution in [-0.2, 0) is 4.79 Å². The largest absolute Gasteiger partial charge is 0.330 e. The first kappa shape index (κ1) is 16.7. The zero-order chi connectivity index (χ0) is 18.8. The molecular formula is C21H24N4O2. The van der Waals surface area contributed by atoms with E-state index >= 15 is 0 Å². The summed E-state index contributed by atoms with van der Waals surface area (Å²) < 4.78 is 0. The van der Waals surface area contributed by atoms with Crippen molar-refractivity contribution in [3.8, 4) is 11.4 Å². The number of piperidine rings is 1. The number of carbonyl (C=O) groups is 1. The quantitative estimate of drug-likeness (QED) is 0.905. The van der Waals surface area contributed by atoms with E-state index in [0.717, 1.165) is 18.4 Å². The molecule has 27 heavy (non-hydrogen) atoms. The third-order valence-corrected chi connectivity index (χ3v) is 7.10. The molecule has 1 saturated heterocycles. The SMILES string of the molecule is CCC(c1nnc(-c2ccccc2)[nH]c1=O)N1C(=O)C2(C)CC3CCC2C31. The molecule has 1 N–H and O–H groups in total. The van der Waals surface area contributed by atoms with Gasteiger partial charge in [-0.05, 0) is 37.5 Å². The first-order valence-electron chi connectivity index (χ1n) is 9.89. The Labute approximate surface area is 158 Å². The van der Waals surface area contributed by atoms with Crippen LogP contribution in [0.1, 0.15) is 51.3 Å². The Morgan fingerprint density at radius 3 is 2.67 bits per heavy atom. The molecule has 2 aliphatic carbocycles. The summed E-state index contributed by atoms with van der Waals surface area (Å²) in [6.45, 7) is 4.13. The summed E-state index contributed by atoms with van der Waals surface area (Å²) in [5.74, 6) is 1.66. The van der Waals surface area contributed by atoms with Crippen molar-refractivity contribution < 1.29 is 4.79 Å². The topological polar surface area (TPSA) is 79.0 Å². The van der Waals surface area contributed by atoms with Crippen molar-refractivity contribution in [2.24, 2.45) is 17.3 Å². The monoisotopic (exact) mass is 364 g/mol. The van der Waals surface area contributed by atoms with E-state index < -0.39 is 0 Å². The lowest BCUT2D eigenvalue weighted by molar-refractivity contribution is -0.144. The lowest BCUT2D eigenvalue weighted by Crippen LogP contribution is -2.47. The molecule has 1 aromatic heterocycles. The van der Waals surface area contributed by atoms with E-state index in [4.69, 9.17) is 0 Å². The Bertz CT molecular complexity index is 956. The van der Waals surface area contributed by atoms with Gasteiger partial charge in [-0.15, -0.1) is 10.2 Å². The fraction of sp³-hybridized carbons (Fsp3) is 0.524. The predicted molar refractivity (Wildman–Crippen MR) is 101 cm³/mol. The van der Waals surface area contributed by atoms with Crippen molar-refractivity contribution in [2.45, 2.75) is 51.6 Å². The second-order valence-corrected chi connectivity index (χ2v) is 8.45. The number of hydrogen-bond acceptors (Lipinski definition) is 4. The molecule has 1 aliphatic heterocycles. The summed E-state index contributed by atoms with van der Waals surface area (Å²) in [7, 11) is 0. The molecule has 5 rings (SSSR count). The molecule has 5 atom stereocenters. The van der Waals surface area contributed by atoms with E-state index in [0.29, 0.717) is 29.8 Å². The van der Waals surface area contributed by atoms with Crippen LogP contribution in [0.4, 0.5) is 0 Å². The Hall–Kier alpha value is -2.50. The van der Waals surface area contributed by atoms with Crippen LogP contribution < -0.4 is 5.56 Å². The first-order chi connectivity index (χ1) is 13.0. The summed E-state index contributed by atoms with van der Waals surface area (Å²) in [5, 5.41) is 8.56. The normalized spacial score (nSPS) is 32.3. The van der Waals surface area contributed by atoms with E-state index in [1.165, 1.54) is 6.42 Å². The number of aromatic amines is 1. The maximum absolute atomic E-state index is 13.2. The second-order valence-electron chi connectivity index (χ2n) is 8.45. The van der Waals surface area contributed by atoms with Gasteiger partial charge in [0.1, 0.15) is 0 Å². The van der Waals surface area contributed by atoms with Crippen LogP contribution in [0.25, 0.3) is 11.4 Å². The zero-order valence-corrected chi connectivity index (χ0v) is 15.7. The van der Waals surface area contributed by atoms with Crippen molar-refractivity contribution >= 4 is 5.91 Å². The van der Waals surface area contributed by atoms with Gasteiger partial charge in [-0.25, -0.2) is 0 Å².